The number of carbonyl (C=O) groups is 1. The van der Waals surface area contributed by atoms with Gasteiger partial charge in [-0.2, -0.15) is 0 Å². The zero-order valence-corrected chi connectivity index (χ0v) is 10.7. The van der Waals surface area contributed by atoms with Gasteiger partial charge in [0.25, 0.3) is 5.91 Å². The van der Waals surface area contributed by atoms with Crippen molar-refractivity contribution in [3.63, 3.8) is 0 Å². The molecule has 0 N–H and O–H groups in total. The zero-order chi connectivity index (χ0) is 12.1. The molecular formula is C14H21NO. The van der Waals surface area contributed by atoms with E-state index >= 15 is 0 Å². The van der Waals surface area contributed by atoms with Gasteiger partial charge in [-0.15, -0.1) is 0 Å². The van der Waals surface area contributed by atoms with Crippen LogP contribution in [0.15, 0.2) is 24.3 Å². The minimum Gasteiger partial charge on any atom is -0.342 e. The van der Waals surface area contributed by atoms with Gasteiger partial charge < -0.3 is 4.90 Å². The summed E-state index contributed by atoms with van der Waals surface area (Å²) >= 11 is 0. The van der Waals surface area contributed by atoms with E-state index in [4.69, 9.17) is 0 Å². The van der Waals surface area contributed by atoms with Crippen molar-refractivity contribution in [2.75, 3.05) is 13.6 Å². The lowest BCUT2D eigenvalue weighted by Gasteiger charge is -2.18. The number of carbonyl (C=O) groups excluding carboxylic acids is 1. The molecule has 0 saturated carbocycles. The van der Waals surface area contributed by atoms with Crippen LogP contribution in [0.5, 0.6) is 0 Å². The molecule has 0 radical (unpaired) electrons. The van der Waals surface area contributed by atoms with E-state index in [1.54, 1.807) is 4.90 Å². The predicted octanol–water partition coefficient (Wildman–Crippen LogP) is 3.11. The van der Waals surface area contributed by atoms with Crippen LogP contribution in [0.3, 0.4) is 0 Å². The van der Waals surface area contributed by atoms with E-state index in [0.717, 1.165) is 24.1 Å². The third-order valence-electron chi connectivity index (χ3n) is 2.65. The van der Waals surface area contributed by atoms with Crippen molar-refractivity contribution in [1.29, 1.82) is 0 Å². The van der Waals surface area contributed by atoms with E-state index in [2.05, 4.69) is 13.8 Å². The van der Waals surface area contributed by atoms with Gasteiger partial charge in [0.1, 0.15) is 0 Å². The lowest BCUT2D eigenvalue weighted by Crippen LogP contribution is -2.28. The van der Waals surface area contributed by atoms with Gasteiger partial charge in [0.05, 0.1) is 0 Å². The molecule has 2 nitrogen and oxygen atoms in total. The number of benzene rings is 1. The Morgan fingerprint density at radius 3 is 2.62 bits per heavy atom. The zero-order valence-electron chi connectivity index (χ0n) is 10.7. The van der Waals surface area contributed by atoms with Crippen molar-refractivity contribution in [2.24, 2.45) is 5.92 Å². The van der Waals surface area contributed by atoms with Gasteiger partial charge in [-0.05, 0) is 31.4 Å². The molecular weight excluding hydrogens is 198 g/mol. The molecule has 1 aromatic rings. The van der Waals surface area contributed by atoms with Gasteiger partial charge in [0, 0.05) is 19.2 Å². The monoisotopic (exact) mass is 219 g/mol. The maximum atomic E-state index is 12.0. The predicted molar refractivity (Wildman–Crippen MR) is 67.6 cm³/mol. The molecule has 0 aliphatic carbocycles. The molecule has 0 saturated heterocycles. The topological polar surface area (TPSA) is 20.3 Å². The van der Waals surface area contributed by atoms with Crippen LogP contribution in [0.25, 0.3) is 0 Å². The quantitative estimate of drug-likeness (QED) is 0.762. The van der Waals surface area contributed by atoms with Crippen molar-refractivity contribution < 1.29 is 4.79 Å². The van der Waals surface area contributed by atoms with Crippen LogP contribution in [0.4, 0.5) is 0 Å². The Labute approximate surface area is 98.3 Å². The maximum Gasteiger partial charge on any atom is 0.253 e. The lowest BCUT2D eigenvalue weighted by molar-refractivity contribution is 0.0789. The second-order valence-corrected chi connectivity index (χ2v) is 4.78. The first-order chi connectivity index (χ1) is 7.50. The molecule has 0 spiro atoms. The SMILES string of the molecule is Cc1cccc(C(=O)N(C)CCC(C)C)c1. The van der Waals surface area contributed by atoms with Crippen LogP contribution in [0.2, 0.25) is 0 Å². The molecule has 0 aliphatic heterocycles. The van der Waals surface area contributed by atoms with Gasteiger partial charge in [0.15, 0.2) is 0 Å². The van der Waals surface area contributed by atoms with Gasteiger partial charge in [0.2, 0.25) is 0 Å². The number of amides is 1. The van der Waals surface area contributed by atoms with Gasteiger partial charge in [-0.25, -0.2) is 0 Å². The van der Waals surface area contributed by atoms with Crippen molar-refractivity contribution in [3.05, 3.63) is 35.4 Å². The molecule has 0 heterocycles. The van der Waals surface area contributed by atoms with Crippen LogP contribution in [0.1, 0.15) is 36.2 Å². The van der Waals surface area contributed by atoms with Crippen LogP contribution in [-0.2, 0) is 0 Å². The summed E-state index contributed by atoms with van der Waals surface area (Å²) in [4.78, 5) is 13.8. The molecule has 0 aliphatic rings. The molecule has 0 aromatic heterocycles. The largest absolute Gasteiger partial charge is 0.342 e. The number of aryl methyl sites for hydroxylation is 1. The highest BCUT2D eigenvalue weighted by Gasteiger charge is 2.11. The van der Waals surface area contributed by atoms with Gasteiger partial charge >= 0.3 is 0 Å². The van der Waals surface area contributed by atoms with Gasteiger partial charge in [-0.3, -0.25) is 4.79 Å². The van der Waals surface area contributed by atoms with E-state index in [1.165, 1.54) is 0 Å². The van der Waals surface area contributed by atoms with E-state index in [9.17, 15) is 4.79 Å². The van der Waals surface area contributed by atoms with Crippen LogP contribution in [-0.4, -0.2) is 24.4 Å². The lowest BCUT2D eigenvalue weighted by atomic mass is 10.1. The maximum absolute atomic E-state index is 12.0. The first-order valence-corrected chi connectivity index (χ1v) is 5.83. The standard InChI is InChI=1S/C14H21NO/c1-11(2)8-9-15(4)14(16)13-7-5-6-12(3)10-13/h5-7,10-11H,8-9H2,1-4H3. The highest BCUT2D eigenvalue weighted by atomic mass is 16.2. The Bertz CT molecular complexity index is 358. The smallest absolute Gasteiger partial charge is 0.253 e. The Hall–Kier alpha value is -1.31. The van der Waals surface area contributed by atoms with Crippen molar-refractivity contribution in [1.82, 2.24) is 4.90 Å². The summed E-state index contributed by atoms with van der Waals surface area (Å²) < 4.78 is 0. The van der Waals surface area contributed by atoms with Gasteiger partial charge in [-0.1, -0.05) is 31.5 Å². The van der Waals surface area contributed by atoms with Crippen LogP contribution >= 0.6 is 0 Å². The van der Waals surface area contributed by atoms with E-state index in [0.29, 0.717) is 5.92 Å². The Morgan fingerprint density at radius 1 is 1.38 bits per heavy atom. The molecule has 1 amide bonds. The minimum atomic E-state index is 0.115. The van der Waals surface area contributed by atoms with E-state index in [1.807, 2.05) is 38.2 Å². The summed E-state index contributed by atoms with van der Waals surface area (Å²) in [6, 6.07) is 7.75. The summed E-state index contributed by atoms with van der Waals surface area (Å²) in [5.41, 5.74) is 1.91. The molecule has 0 atom stereocenters. The number of nitrogens with zero attached hydrogens (tertiary/aromatic N) is 1. The molecule has 88 valence electrons. The average Bonchev–Trinajstić information content (AvgIpc) is 2.24. The highest BCUT2D eigenvalue weighted by Crippen LogP contribution is 2.08. The Balaban J connectivity index is 2.63. The first-order valence-electron chi connectivity index (χ1n) is 5.83. The van der Waals surface area contributed by atoms with Crippen LogP contribution < -0.4 is 0 Å². The van der Waals surface area contributed by atoms with E-state index < -0.39 is 0 Å². The molecule has 0 bridgehead atoms. The van der Waals surface area contributed by atoms with E-state index in [-0.39, 0.29) is 5.91 Å². The Kier molecular flexibility index (Phi) is 4.53. The summed E-state index contributed by atoms with van der Waals surface area (Å²) in [6.45, 7) is 7.17. The van der Waals surface area contributed by atoms with Crippen molar-refractivity contribution >= 4 is 5.91 Å². The average molecular weight is 219 g/mol. The summed E-state index contributed by atoms with van der Waals surface area (Å²) in [5, 5.41) is 0. The minimum absolute atomic E-state index is 0.115. The third kappa shape index (κ3) is 3.69. The van der Waals surface area contributed by atoms with Crippen LogP contribution in [0, 0.1) is 12.8 Å². The third-order valence-corrected chi connectivity index (χ3v) is 2.65. The molecule has 1 rings (SSSR count). The molecule has 0 fully saturated rings. The second-order valence-electron chi connectivity index (χ2n) is 4.78. The fourth-order valence-electron chi connectivity index (χ4n) is 1.55. The molecule has 0 unspecified atom stereocenters. The summed E-state index contributed by atoms with van der Waals surface area (Å²) in [6.07, 6.45) is 1.05. The van der Waals surface area contributed by atoms with Crippen molar-refractivity contribution in [3.8, 4) is 0 Å². The first kappa shape index (κ1) is 12.8. The second kappa shape index (κ2) is 5.69. The molecule has 1 aromatic carbocycles. The van der Waals surface area contributed by atoms with Crippen molar-refractivity contribution in [2.45, 2.75) is 27.2 Å². The molecule has 16 heavy (non-hydrogen) atoms. The fourth-order valence-corrected chi connectivity index (χ4v) is 1.55. The summed E-state index contributed by atoms with van der Waals surface area (Å²) in [7, 11) is 1.87. The summed E-state index contributed by atoms with van der Waals surface area (Å²) in [5.74, 6) is 0.747. The number of hydrogen-bond acceptors (Lipinski definition) is 1. The Morgan fingerprint density at radius 2 is 2.06 bits per heavy atom. The molecule has 2 heteroatoms. The number of hydrogen-bond donors (Lipinski definition) is 0. The fraction of sp³-hybridized carbons (Fsp3) is 0.500. The highest BCUT2D eigenvalue weighted by molar-refractivity contribution is 5.94. The number of rotatable bonds is 4. The normalized spacial score (nSPS) is 10.6.